The molecular weight excluding hydrogens is 298 g/mol. The van der Waals surface area contributed by atoms with Crippen LogP contribution < -0.4 is 10.6 Å². The van der Waals surface area contributed by atoms with Crippen molar-refractivity contribution in [2.75, 3.05) is 18.0 Å². The number of β-amino-alcohol motifs (C(OH)–C–C–N with tert-alkyl or cyclic N) is 1. The number of nitrogens with zero attached hydrogens (tertiary/aromatic N) is 2. The average Bonchev–Trinajstić information content (AvgIpc) is 2.32. The van der Waals surface area contributed by atoms with Gasteiger partial charge in [-0.1, -0.05) is 0 Å². The molecule has 2 rings (SSSR count). The number of piperidine rings is 1. The number of aryl methyl sites for hydroxylation is 1. The Bertz CT molecular complexity index is 480. The normalized spacial score (nSPS) is 24.1. The number of carbonyl (C=O) groups excluding carboxylic acids is 1. The number of carbonyl (C=O) groups is 1. The van der Waals surface area contributed by atoms with Crippen LogP contribution in [0.3, 0.4) is 0 Å². The second-order valence-electron chi connectivity index (χ2n) is 4.66. The van der Waals surface area contributed by atoms with Crippen LogP contribution in [0.5, 0.6) is 0 Å². The van der Waals surface area contributed by atoms with Crippen LogP contribution in [0.1, 0.15) is 18.5 Å². The number of primary amides is 1. The first kappa shape index (κ1) is 13.3. The monoisotopic (exact) mass is 313 g/mol. The van der Waals surface area contributed by atoms with Gasteiger partial charge in [-0.25, -0.2) is 4.98 Å². The Kier molecular flexibility index (Phi) is 3.59. The van der Waals surface area contributed by atoms with Crippen LogP contribution >= 0.6 is 15.9 Å². The van der Waals surface area contributed by atoms with Gasteiger partial charge >= 0.3 is 0 Å². The molecule has 1 saturated heterocycles. The number of halogens is 1. The van der Waals surface area contributed by atoms with E-state index in [1.807, 2.05) is 24.0 Å². The van der Waals surface area contributed by atoms with E-state index in [1.165, 1.54) is 0 Å². The summed E-state index contributed by atoms with van der Waals surface area (Å²) in [6, 6.07) is 3.78. The van der Waals surface area contributed by atoms with Crippen molar-refractivity contribution in [3.63, 3.8) is 0 Å². The maximum Gasteiger partial charge on any atom is 0.251 e. The predicted molar refractivity (Wildman–Crippen MR) is 72.3 cm³/mol. The summed E-state index contributed by atoms with van der Waals surface area (Å²) in [5.41, 5.74) is 4.68. The van der Waals surface area contributed by atoms with E-state index >= 15 is 0 Å². The molecule has 0 spiro atoms. The van der Waals surface area contributed by atoms with Gasteiger partial charge in [-0.05, 0) is 47.8 Å². The topological polar surface area (TPSA) is 79.4 Å². The standard InChI is InChI=1S/C12H16BrN3O2/c1-8-9(13)3-4-10(15-8)16-6-2-5-12(18,7-16)11(14)17/h3-4,18H,2,5-7H2,1H3,(H2,14,17). The molecule has 1 fully saturated rings. The minimum Gasteiger partial charge on any atom is -0.378 e. The van der Waals surface area contributed by atoms with Crippen molar-refractivity contribution in [3.05, 3.63) is 22.3 Å². The van der Waals surface area contributed by atoms with Gasteiger partial charge in [-0.2, -0.15) is 0 Å². The Hall–Kier alpha value is -1.14. The molecule has 1 unspecified atom stereocenters. The lowest BCUT2D eigenvalue weighted by atomic mass is 9.92. The van der Waals surface area contributed by atoms with Crippen LogP contribution in [-0.2, 0) is 4.79 Å². The number of hydrogen-bond acceptors (Lipinski definition) is 4. The third kappa shape index (κ3) is 2.49. The molecule has 98 valence electrons. The second kappa shape index (κ2) is 4.85. The lowest BCUT2D eigenvalue weighted by Gasteiger charge is -2.37. The van der Waals surface area contributed by atoms with Gasteiger partial charge in [0.15, 0.2) is 5.60 Å². The largest absolute Gasteiger partial charge is 0.378 e. The van der Waals surface area contributed by atoms with E-state index in [0.717, 1.165) is 29.0 Å². The van der Waals surface area contributed by atoms with Crippen LogP contribution in [0.2, 0.25) is 0 Å². The van der Waals surface area contributed by atoms with Crippen molar-refractivity contribution in [2.24, 2.45) is 5.73 Å². The van der Waals surface area contributed by atoms with E-state index in [1.54, 1.807) is 0 Å². The zero-order valence-electron chi connectivity index (χ0n) is 10.2. The number of hydrogen-bond donors (Lipinski definition) is 2. The van der Waals surface area contributed by atoms with Gasteiger partial charge in [0.2, 0.25) is 0 Å². The number of nitrogens with two attached hydrogens (primary N) is 1. The first-order valence-corrected chi connectivity index (χ1v) is 6.62. The molecule has 0 aromatic carbocycles. The molecule has 0 saturated carbocycles. The summed E-state index contributed by atoms with van der Waals surface area (Å²) in [4.78, 5) is 17.6. The molecule has 1 atom stereocenters. The lowest BCUT2D eigenvalue weighted by Crippen LogP contribution is -2.56. The second-order valence-corrected chi connectivity index (χ2v) is 5.51. The number of aromatic nitrogens is 1. The van der Waals surface area contributed by atoms with Gasteiger partial charge in [-0.15, -0.1) is 0 Å². The van der Waals surface area contributed by atoms with Gasteiger partial charge in [-0.3, -0.25) is 4.79 Å². The van der Waals surface area contributed by atoms with Gasteiger partial charge < -0.3 is 15.7 Å². The fourth-order valence-electron chi connectivity index (χ4n) is 2.14. The van der Waals surface area contributed by atoms with Crippen molar-refractivity contribution >= 4 is 27.7 Å². The first-order valence-electron chi connectivity index (χ1n) is 5.83. The summed E-state index contributed by atoms with van der Waals surface area (Å²) < 4.78 is 0.938. The highest BCUT2D eigenvalue weighted by Crippen LogP contribution is 2.26. The van der Waals surface area contributed by atoms with Crippen LogP contribution in [0.4, 0.5) is 5.82 Å². The highest BCUT2D eigenvalue weighted by Gasteiger charge is 2.39. The molecule has 5 nitrogen and oxygen atoms in total. The van der Waals surface area contributed by atoms with Crippen molar-refractivity contribution in [3.8, 4) is 0 Å². The summed E-state index contributed by atoms with van der Waals surface area (Å²) in [6.45, 7) is 2.87. The number of aliphatic hydroxyl groups is 1. The Morgan fingerprint density at radius 1 is 1.61 bits per heavy atom. The van der Waals surface area contributed by atoms with Crippen LogP contribution in [0, 0.1) is 6.92 Å². The van der Waals surface area contributed by atoms with Gasteiger partial charge in [0.1, 0.15) is 5.82 Å². The number of rotatable bonds is 2. The Morgan fingerprint density at radius 2 is 2.33 bits per heavy atom. The molecule has 0 radical (unpaired) electrons. The number of amides is 1. The lowest BCUT2D eigenvalue weighted by molar-refractivity contribution is -0.137. The summed E-state index contributed by atoms with van der Waals surface area (Å²) in [7, 11) is 0. The quantitative estimate of drug-likeness (QED) is 0.852. The highest BCUT2D eigenvalue weighted by atomic mass is 79.9. The number of pyridine rings is 1. The molecule has 0 bridgehead atoms. The van der Waals surface area contributed by atoms with Crippen LogP contribution in [-0.4, -0.2) is 34.7 Å². The van der Waals surface area contributed by atoms with Crippen molar-refractivity contribution in [1.82, 2.24) is 4.98 Å². The van der Waals surface area contributed by atoms with E-state index in [0.29, 0.717) is 6.42 Å². The predicted octanol–water partition coefficient (Wildman–Crippen LogP) is 0.969. The molecule has 18 heavy (non-hydrogen) atoms. The molecule has 1 aliphatic heterocycles. The summed E-state index contributed by atoms with van der Waals surface area (Å²) in [6.07, 6.45) is 1.13. The van der Waals surface area contributed by atoms with E-state index in [9.17, 15) is 9.90 Å². The van der Waals surface area contributed by atoms with E-state index in [2.05, 4.69) is 20.9 Å². The highest BCUT2D eigenvalue weighted by molar-refractivity contribution is 9.10. The number of anilines is 1. The maximum absolute atomic E-state index is 11.3. The minimum atomic E-state index is -1.44. The first-order chi connectivity index (χ1) is 8.42. The Balaban J connectivity index is 2.23. The van der Waals surface area contributed by atoms with E-state index in [4.69, 9.17) is 5.73 Å². The summed E-state index contributed by atoms with van der Waals surface area (Å²) in [5, 5.41) is 10.2. The van der Waals surface area contributed by atoms with E-state index in [-0.39, 0.29) is 6.54 Å². The Labute approximate surface area is 114 Å². The molecule has 2 heterocycles. The molecule has 1 aromatic heterocycles. The van der Waals surface area contributed by atoms with Crippen molar-refractivity contribution in [1.29, 1.82) is 0 Å². The summed E-state index contributed by atoms with van der Waals surface area (Å²) >= 11 is 3.39. The molecule has 1 aliphatic rings. The molecule has 1 aromatic rings. The van der Waals surface area contributed by atoms with E-state index < -0.39 is 11.5 Å². The van der Waals surface area contributed by atoms with Crippen LogP contribution in [0.15, 0.2) is 16.6 Å². The van der Waals surface area contributed by atoms with Gasteiger partial charge in [0.05, 0.1) is 12.2 Å². The zero-order valence-corrected chi connectivity index (χ0v) is 11.8. The third-order valence-corrected chi connectivity index (χ3v) is 4.10. The zero-order chi connectivity index (χ0) is 13.3. The van der Waals surface area contributed by atoms with Crippen LogP contribution in [0.25, 0.3) is 0 Å². The summed E-state index contributed by atoms with van der Waals surface area (Å²) in [5.74, 6) is 0.0936. The smallest absolute Gasteiger partial charge is 0.251 e. The molecule has 0 aliphatic carbocycles. The fraction of sp³-hybridized carbons (Fsp3) is 0.500. The fourth-order valence-corrected chi connectivity index (χ4v) is 2.36. The molecule has 1 amide bonds. The SMILES string of the molecule is Cc1nc(N2CCCC(O)(C(N)=O)C2)ccc1Br. The van der Waals surface area contributed by atoms with Crippen molar-refractivity contribution < 1.29 is 9.90 Å². The van der Waals surface area contributed by atoms with Gasteiger partial charge in [0, 0.05) is 11.0 Å². The molecular formula is C12H16BrN3O2. The van der Waals surface area contributed by atoms with Crippen molar-refractivity contribution in [2.45, 2.75) is 25.4 Å². The van der Waals surface area contributed by atoms with Gasteiger partial charge in [0.25, 0.3) is 5.91 Å². The third-order valence-electron chi connectivity index (χ3n) is 3.26. The average molecular weight is 314 g/mol. The maximum atomic E-state index is 11.3. The minimum absolute atomic E-state index is 0.205. The molecule has 3 N–H and O–H groups in total. The Morgan fingerprint density at radius 3 is 2.94 bits per heavy atom. The molecule has 6 heteroatoms.